The number of thioether (sulfide) groups is 1. The Kier molecular flexibility index (Phi) is 7.41. The van der Waals surface area contributed by atoms with Gasteiger partial charge in [-0.05, 0) is 25.1 Å². The smallest absolute Gasteiger partial charge is 0.222 e. The van der Waals surface area contributed by atoms with Crippen LogP contribution in [0.3, 0.4) is 0 Å². The zero-order valence-electron chi connectivity index (χ0n) is 8.57. The molecule has 0 saturated carbocycles. The van der Waals surface area contributed by atoms with Crippen molar-refractivity contribution < 1.29 is 4.79 Å². The lowest BCUT2D eigenvalue weighted by atomic mass is 10.2. The Bertz CT molecular complexity index is 174. The molecule has 0 aliphatic carbocycles. The summed E-state index contributed by atoms with van der Waals surface area (Å²) in [4.78, 5) is 13.4. The molecule has 1 heterocycles. The summed E-state index contributed by atoms with van der Waals surface area (Å²) in [6, 6.07) is 0.468. The molecule has 1 rings (SSSR count). The van der Waals surface area contributed by atoms with Gasteiger partial charge in [0.15, 0.2) is 0 Å². The van der Waals surface area contributed by atoms with E-state index < -0.39 is 0 Å². The molecule has 0 aromatic rings. The Labute approximate surface area is 96.2 Å². The quantitative estimate of drug-likeness (QED) is 0.798. The minimum absolute atomic E-state index is 0. The van der Waals surface area contributed by atoms with Gasteiger partial charge in [0, 0.05) is 25.3 Å². The SMILES string of the molecule is CN(C(=O)CCCN)C1CCSC1.Cl. The van der Waals surface area contributed by atoms with Crippen LogP contribution in [-0.2, 0) is 4.79 Å². The summed E-state index contributed by atoms with van der Waals surface area (Å²) in [7, 11) is 1.91. The molecule has 0 aromatic carbocycles. The number of hydrogen-bond acceptors (Lipinski definition) is 3. The molecular weight excluding hydrogens is 220 g/mol. The highest BCUT2D eigenvalue weighted by molar-refractivity contribution is 7.99. The van der Waals surface area contributed by atoms with Gasteiger partial charge in [-0.15, -0.1) is 12.4 Å². The largest absolute Gasteiger partial charge is 0.342 e. The molecule has 84 valence electrons. The average Bonchev–Trinajstić information content (AvgIpc) is 2.65. The van der Waals surface area contributed by atoms with Crippen LogP contribution in [-0.4, -0.2) is 41.9 Å². The van der Waals surface area contributed by atoms with E-state index in [1.54, 1.807) is 0 Å². The van der Waals surface area contributed by atoms with Crippen molar-refractivity contribution in [1.82, 2.24) is 4.90 Å². The summed E-state index contributed by atoms with van der Waals surface area (Å²) in [5.41, 5.74) is 5.36. The Morgan fingerprint density at radius 3 is 2.86 bits per heavy atom. The average molecular weight is 239 g/mol. The maximum Gasteiger partial charge on any atom is 0.222 e. The Morgan fingerprint density at radius 1 is 1.64 bits per heavy atom. The van der Waals surface area contributed by atoms with Gasteiger partial charge in [0.1, 0.15) is 0 Å². The first-order chi connectivity index (χ1) is 6.25. The van der Waals surface area contributed by atoms with Crippen LogP contribution in [0, 0.1) is 0 Å². The maximum atomic E-state index is 11.6. The van der Waals surface area contributed by atoms with Crippen molar-refractivity contribution in [2.45, 2.75) is 25.3 Å². The van der Waals surface area contributed by atoms with Crippen LogP contribution in [0.4, 0.5) is 0 Å². The number of hydrogen-bond donors (Lipinski definition) is 1. The Morgan fingerprint density at radius 2 is 2.36 bits per heavy atom. The maximum absolute atomic E-state index is 11.6. The normalized spacial score (nSPS) is 20.3. The minimum atomic E-state index is 0. The molecule has 1 fully saturated rings. The van der Waals surface area contributed by atoms with Gasteiger partial charge in [0.05, 0.1) is 0 Å². The number of nitrogens with zero attached hydrogens (tertiary/aromatic N) is 1. The summed E-state index contributed by atoms with van der Waals surface area (Å²) in [5, 5.41) is 0. The summed E-state index contributed by atoms with van der Waals surface area (Å²) in [5.74, 6) is 2.54. The van der Waals surface area contributed by atoms with Gasteiger partial charge < -0.3 is 10.6 Å². The lowest BCUT2D eigenvalue weighted by molar-refractivity contribution is -0.131. The number of rotatable bonds is 4. The molecular formula is C9H19ClN2OS. The topological polar surface area (TPSA) is 46.3 Å². The second-order valence-corrected chi connectivity index (χ2v) is 4.56. The second-order valence-electron chi connectivity index (χ2n) is 3.41. The van der Waals surface area contributed by atoms with Crippen LogP contribution in [0.5, 0.6) is 0 Å². The van der Waals surface area contributed by atoms with Crippen molar-refractivity contribution in [3.05, 3.63) is 0 Å². The van der Waals surface area contributed by atoms with Crippen LogP contribution in [0.15, 0.2) is 0 Å². The van der Waals surface area contributed by atoms with Crippen molar-refractivity contribution in [3.63, 3.8) is 0 Å². The molecule has 1 unspecified atom stereocenters. The number of carbonyl (C=O) groups excluding carboxylic acids is 1. The molecule has 3 nitrogen and oxygen atoms in total. The van der Waals surface area contributed by atoms with Crippen molar-refractivity contribution in [1.29, 1.82) is 0 Å². The predicted molar refractivity (Wildman–Crippen MR) is 64.0 cm³/mol. The Balaban J connectivity index is 0.00000169. The van der Waals surface area contributed by atoms with E-state index in [2.05, 4.69) is 0 Å². The third-order valence-corrected chi connectivity index (χ3v) is 3.59. The first-order valence-electron chi connectivity index (χ1n) is 4.79. The highest BCUT2D eigenvalue weighted by Gasteiger charge is 2.22. The summed E-state index contributed by atoms with van der Waals surface area (Å²) in [6.07, 6.45) is 2.56. The zero-order chi connectivity index (χ0) is 9.68. The molecule has 2 N–H and O–H groups in total. The number of nitrogens with two attached hydrogens (primary N) is 1. The van der Waals surface area contributed by atoms with E-state index >= 15 is 0 Å². The number of carbonyl (C=O) groups is 1. The molecule has 1 amide bonds. The lowest BCUT2D eigenvalue weighted by Gasteiger charge is -2.23. The van der Waals surface area contributed by atoms with Gasteiger partial charge in [-0.25, -0.2) is 0 Å². The molecule has 0 radical (unpaired) electrons. The van der Waals surface area contributed by atoms with Crippen molar-refractivity contribution in [3.8, 4) is 0 Å². The zero-order valence-corrected chi connectivity index (χ0v) is 10.2. The van der Waals surface area contributed by atoms with E-state index in [0.717, 1.165) is 18.6 Å². The van der Waals surface area contributed by atoms with Gasteiger partial charge in [0.25, 0.3) is 0 Å². The third kappa shape index (κ3) is 4.07. The summed E-state index contributed by atoms with van der Waals surface area (Å²) in [6.45, 7) is 0.610. The third-order valence-electron chi connectivity index (χ3n) is 2.44. The fourth-order valence-corrected chi connectivity index (χ4v) is 2.73. The lowest BCUT2D eigenvalue weighted by Crippen LogP contribution is -2.37. The van der Waals surface area contributed by atoms with Crippen molar-refractivity contribution in [2.24, 2.45) is 5.73 Å². The van der Waals surface area contributed by atoms with E-state index in [0.29, 0.717) is 19.0 Å². The molecule has 1 aliphatic rings. The molecule has 0 bridgehead atoms. The molecule has 1 aliphatic heterocycles. The van der Waals surface area contributed by atoms with Gasteiger partial charge in [-0.2, -0.15) is 11.8 Å². The molecule has 0 spiro atoms. The van der Waals surface area contributed by atoms with E-state index in [1.807, 2.05) is 23.7 Å². The first-order valence-corrected chi connectivity index (χ1v) is 5.94. The molecule has 1 atom stereocenters. The standard InChI is InChI=1S/C9H18N2OS.ClH/c1-11(8-4-6-13-7-8)9(12)3-2-5-10;/h8H,2-7,10H2,1H3;1H. The monoisotopic (exact) mass is 238 g/mol. The van der Waals surface area contributed by atoms with Crippen molar-refractivity contribution in [2.75, 3.05) is 25.1 Å². The van der Waals surface area contributed by atoms with E-state index in [1.165, 1.54) is 5.75 Å². The highest BCUT2D eigenvalue weighted by Crippen LogP contribution is 2.21. The minimum Gasteiger partial charge on any atom is -0.342 e. The van der Waals surface area contributed by atoms with Crippen molar-refractivity contribution >= 4 is 30.1 Å². The molecule has 5 heteroatoms. The van der Waals surface area contributed by atoms with Gasteiger partial charge in [-0.1, -0.05) is 0 Å². The van der Waals surface area contributed by atoms with Crippen LogP contribution >= 0.6 is 24.2 Å². The fraction of sp³-hybridized carbons (Fsp3) is 0.889. The van der Waals surface area contributed by atoms with Gasteiger partial charge in [0.2, 0.25) is 5.91 Å². The van der Waals surface area contributed by atoms with Gasteiger partial charge in [-0.3, -0.25) is 4.79 Å². The molecule has 14 heavy (non-hydrogen) atoms. The molecule has 0 aromatic heterocycles. The van der Waals surface area contributed by atoms with E-state index in [4.69, 9.17) is 5.73 Å². The van der Waals surface area contributed by atoms with Crippen LogP contribution in [0.2, 0.25) is 0 Å². The fourth-order valence-electron chi connectivity index (χ4n) is 1.46. The summed E-state index contributed by atoms with van der Waals surface area (Å²) < 4.78 is 0. The predicted octanol–water partition coefficient (Wildman–Crippen LogP) is 1.11. The van der Waals surface area contributed by atoms with Crippen LogP contribution < -0.4 is 5.73 Å². The van der Waals surface area contributed by atoms with E-state index in [-0.39, 0.29) is 18.3 Å². The second kappa shape index (κ2) is 7.37. The summed E-state index contributed by atoms with van der Waals surface area (Å²) >= 11 is 1.93. The van der Waals surface area contributed by atoms with E-state index in [9.17, 15) is 4.79 Å². The van der Waals surface area contributed by atoms with Gasteiger partial charge >= 0.3 is 0 Å². The number of halogens is 1. The molecule has 1 saturated heterocycles. The first kappa shape index (κ1) is 14.1. The van der Waals surface area contributed by atoms with Crippen LogP contribution in [0.1, 0.15) is 19.3 Å². The highest BCUT2D eigenvalue weighted by atomic mass is 35.5. The van der Waals surface area contributed by atoms with Crippen LogP contribution in [0.25, 0.3) is 0 Å². The number of amides is 1. The Hall–Kier alpha value is 0.0700.